The molecule has 1 aromatic heterocycles. The molecular formula is C42H53ClN4O6S. The van der Waals surface area contributed by atoms with Gasteiger partial charge < -0.3 is 19.1 Å². The predicted molar refractivity (Wildman–Crippen MR) is 211 cm³/mol. The van der Waals surface area contributed by atoms with Crippen LogP contribution in [0, 0.1) is 17.8 Å². The van der Waals surface area contributed by atoms with E-state index in [1.54, 1.807) is 32.2 Å². The molecule has 1 unspecified atom stereocenters. The Kier molecular flexibility index (Phi) is 12.0. The normalized spacial score (nSPS) is 28.6. The first-order valence-electron chi connectivity index (χ1n) is 19.4. The van der Waals surface area contributed by atoms with Gasteiger partial charge in [-0.3, -0.25) is 14.7 Å². The number of fused-ring (bicyclic) bond motifs is 3. The van der Waals surface area contributed by atoms with Crippen molar-refractivity contribution >= 4 is 33.2 Å². The van der Waals surface area contributed by atoms with Gasteiger partial charge >= 0.3 is 0 Å². The highest BCUT2D eigenvalue weighted by Crippen LogP contribution is 2.51. The Hall–Kier alpha value is -3.48. The monoisotopic (exact) mass is 776 g/mol. The Balaban J connectivity index is 1.29. The van der Waals surface area contributed by atoms with Crippen molar-refractivity contribution in [3.05, 3.63) is 99.9 Å². The van der Waals surface area contributed by atoms with Crippen LogP contribution < -0.4 is 14.4 Å². The van der Waals surface area contributed by atoms with Crippen molar-refractivity contribution in [2.75, 3.05) is 51.4 Å². The fourth-order valence-electron chi connectivity index (χ4n) is 8.53. The maximum absolute atomic E-state index is 13.6. The van der Waals surface area contributed by atoms with Crippen LogP contribution in [-0.2, 0) is 44.7 Å². The van der Waals surface area contributed by atoms with Gasteiger partial charge in [-0.25, -0.2) is 13.1 Å². The number of allylic oxidation sites excluding steroid dienone is 1. The summed E-state index contributed by atoms with van der Waals surface area (Å²) in [7, 11) is -2.21. The fourth-order valence-corrected chi connectivity index (χ4v) is 10.0. The van der Waals surface area contributed by atoms with Crippen LogP contribution in [0.25, 0.3) is 0 Å². The molecule has 2 bridgehead atoms. The minimum absolute atomic E-state index is 0.129. The third-order valence-electron chi connectivity index (χ3n) is 12.2. The molecule has 7 rings (SSSR count). The van der Waals surface area contributed by atoms with E-state index in [2.05, 4.69) is 32.7 Å². The molecule has 2 aromatic carbocycles. The molecule has 12 heteroatoms. The number of aromatic nitrogens is 1. The number of carbonyl (C=O) groups is 1. The maximum atomic E-state index is 13.6. The number of sulfonamides is 1. The van der Waals surface area contributed by atoms with Crippen LogP contribution in [0.15, 0.2) is 67.0 Å². The SMILES string of the molecule is CO[C@@]1(c2cncc(CN3CCOCC3)c2)/C=C/CC(C)[C@@H](C)S(=O)(=O)NC(=O)c2ccc3c(c2)N(CCCCc2cc(Cl)ccc2CO3)C[C@@H]2CC[C@H]21. The van der Waals surface area contributed by atoms with Gasteiger partial charge in [-0.15, -0.1) is 0 Å². The number of methoxy groups -OCH3 is 1. The zero-order valence-electron chi connectivity index (χ0n) is 31.6. The molecule has 3 aliphatic heterocycles. The van der Waals surface area contributed by atoms with Crippen LogP contribution in [0.2, 0.25) is 5.02 Å². The van der Waals surface area contributed by atoms with Crippen LogP contribution in [-0.4, -0.2) is 76.0 Å². The topological polar surface area (TPSA) is 110 Å². The number of anilines is 1. The Labute approximate surface area is 325 Å². The molecule has 1 saturated heterocycles. The minimum atomic E-state index is -3.99. The molecule has 4 aliphatic rings. The maximum Gasteiger partial charge on any atom is 0.264 e. The highest BCUT2D eigenvalue weighted by atomic mass is 35.5. The Morgan fingerprint density at radius 1 is 1.02 bits per heavy atom. The summed E-state index contributed by atoms with van der Waals surface area (Å²) in [6, 6.07) is 13.4. The van der Waals surface area contributed by atoms with Gasteiger partial charge in [-0.1, -0.05) is 36.7 Å². The standard InChI is InChI=1S/C42H53ClN4O6S/c1-29-7-6-15-42(51-3,36-21-31(24-44-25-36)26-46-17-19-52-20-18-46)38-13-10-34(38)27-47-16-5-4-8-32-22-37(43)12-9-35(32)28-53-40-14-11-33(23-39(40)47)41(48)45-54(49,50)30(29)2/h6,9,11-12,14-15,21-25,29-30,34,38H,4-5,7-8,10,13,16-20,26-28H2,1-3H3,(H,45,48)/b15-6+/t29?,30-,34+,38-,42-/m1/s1. The number of carbonyl (C=O) groups excluding carboxylic acids is 1. The van der Waals surface area contributed by atoms with Crippen molar-refractivity contribution in [2.24, 2.45) is 17.8 Å². The Bertz CT molecular complexity index is 1950. The van der Waals surface area contributed by atoms with Gasteiger partial charge in [-0.05, 0) is 110 Å². The van der Waals surface area contributed by atoms with Crippen molar-refractivity contribution in [1.29, 1.82) is 0 Å². The number of nitrogens with zero attached hydrogens (tertiary/aromatic N) is 3. The summed E-state index contributed by atoms with van der Waals surface area (Å²) in [5.41, 5.74) is 4.66. The number of amides is 1. The quantitative estimate of drug-likeness (QED) is 0.283. The van der Waals surface area contributed by atoms with Gasteiger partial charge in [-0.2, -0.15) is 0 Å². The number of hydrogen-bond acceptors (Lipinski definition) is 9. The third-order valence-corrected chi connectivity index (χ3v) is 14.3. The highest BCUT2D eigenvalue weighted by molar-refractivity contribution is 7.90. The molecule has 54 heavy (non-hydrogen) atoms. The van der Waals surface area contributed by atoms with Gasteiger partial charge in [0.05, 0.1) is 24.2 Å². The number of morpholine rings is 1. The molecule has 0 radical (unpaired) electrons. The molecule has 3 aromatic rings. The van der Waals surface area contributed by atoms with Gasteiger partial charge in [0.2, 0.25) is 10.0 Å². The molecule has 1 saturated carbocycles. The summed E-state index contributed by atoms with van der Waals surface area (Å²) in [4.78, 5) is 23.1. The van der Waals surface area contributed by atoms with E-state index < -0.39 is 26.8 Å². The highest BCUT2D eigenvalue weighted by Gasteiger charge is 2.49. The fraction of sp³-hybridized carbons (Fsp3) is 0.524. The summed E-state index contributed by atoms with van der Waals surface area (Å²) in [6.45, 7) is 9.38. The van der Waals surface area contributed by atoms with E-state index in [0.717, 1.165) is 100 Å². The van der Waals surface area contributed by atoms with Crippen LogP contribution in [0.3, 0.4) is 0 Å². The first-order valence-corrected chi connectivity index (χ1v) is 21.3. The van der Waals surface area contributed by atoms with Crippen LogP contribution in [0.4, 0.5) is 5.69 Å². The number of benzene rings is 2. The second-order valence-electron chi connectivity index (χ2n) is 15.5. The molecule has 5 atom stereocenters. The number of nitrogens with one attached hydrogen (secondary N) is 1. The summed E-state index contributed by atoms with van der Waals surface area (Å²) >= 11 is 6.41. The number of rotatable bonds is 4. The van der Waals surface area contributed by atoms with E-state index in [1.165, 1.54) is 5.56 Å². The third kappa shape index (κ3) is 8.35. The summed E-state index contributed by atoms with van der Waals surface area (Å²) in [5, 5.41) is -0.114. The summed E-state index contributed by atoms with van der Waals surface area (Å²) in [6.07, 6.45) is 13.3. The van der Waals surface area contributed by atoms with Crippen molar-refractivity contribution in [1.82, 2.24) is 14.6 Å². The lowest BCUT2D eigenvalue weighted by molar-refractivity contribution is -0.0806. The van der Waals surface area contributed by atoms with E-state index in [1.807, 2.05) is 37.5 Å². The molecule has 10 nitrogen and oxygen atoms in total. The van der Waals surface area contributed by atoms with Gasteiger partial charge in [0.1, 0.15) is 18.0 Å². The number of pyridine rings is 1. The van der Waals surface area contributed by atoms with Gasteiger partial charge in [0.15, 0.2) is 0 Å². The second-order valence-corrected chi connectivity index (χ2v) is 18.0. The molecular weight excluding hydrogens is 724 g/mol. The van der Waals surface area contributed by atoms with Crippen LogP contribution in [0.5, 0.6) is 5.75 Å². The lowest BCUT2D eigenvalue weighted by Crippen LogP contribution is -2.49. The van der Waals surface area contributed by atoms with Gasteiger partial charge in [0, 0.05) is 74.3 Å². The summed E-state index contributed by atoms with van der Waals surface area (Å²) in [5.74, 6) is 0.121. The molecule has 0 spiro atoms. The first-order chi connectivity index (χ1) is 26.1. The molecule has 290 valence electrons. The number of halogens is 1. The minimum Gasteiger partial charge on any atom is -0.487 e. The van der Waals surface area contributed by atoms with E-state index >= 15 is 0 Å². The molecule has 1 amide bonds. The average Bonchev–Trinajstić information content (AvgIpc) is 3.18. The van der Waals surface area contributed by atoms with Crippen molar-refractivity contribution in [3.8, 4) is 5.75 Å². The Morgan fingerprint density at radius 2 is 1.85 bits per heavy atom. The second kappa shape index (κ2) is 16.7. The lowest BCUT2D eigenvalue weighted by Gasteiger charge is -2.50. The zero-order valence-corrected chi connectivity index (χ0v) is 33.2. The number of aryl methyl sites for hydroxylation is 1. The van der Waals surface area contributed by atoms with Crippen molar-refractivity contribution in [2.45, 2.75) is 76.4 Å². The van der Waals surface area contributed by atoms with Crippen molar-refractivity contribution < 1.29 is 27.4 Å². The van der Waals surface area contributed by atoms with E-state index in [9.17, 15) is 13.2 Å². The zero-order chi connectivity index (χ0) is 37.9. The molecule has 1 aliphatic carbocycles. The largest absolute Gasteiger partial charge is 0.487 e. The van der Waals surface area contributed by atoms with Crippen LogP contribution in [0.1, 0.15) is 78.6 Å². The first kappa shape index (κ1) is 38.8. The Morgan fingerprint density at radius 3 is 2.63 bits per heavy atom. The smallest absolute Gasteiger partial charge is 0.264 e. The molecule has 4 heterocycles. The van der Waals surface area contributed by atoms with E-state index in [0.29, 0.717) is 23.8 Å². The summed E-state index contributed by atoms with van der Waals surface area (Å²) < 4.78 is 48.5. The number of ether oxygens (including phenoxy) is 3. The lowest BCUT2D eigenvalue weighted by atomic mass is 9.62. The number of hydrogen-bond donors (Lipinski definition) is 1. The van der Waals surface area contributed by atoms with E-state index in [-0.39, 0.29) is 23.3 Å². The predicted octanol–water partition coefficient (Wildman–Crippen LogP) is 6.90. The van der Waals surface area contributed by atoms with Crippen molar-refractivity contribution in [3.63, 3.8) is 0 Å². The van der Waals surface area contributed by atoms with Crippen LogP contribution >= 0.6 is 11.6 Å². The van der Waals surface area contributed by atoms with E-state index in [4.69, 9.17) is 30.8 Å². The average molecular weight is 777 g/mol. The molecule has 1 N–H and O–H groups in total. The van der Waals surface area contributed by atoms with Gasteiger partial charge in [0.25, 0.3) is 5.91 Å². The molecule has 2 fully saturated rings.